The highest BCUT2D eigenvalue weighted by Crippen LogP contribution is 2.41. The van der Waals surface area contributed by atoms with Crippen LogP contribution in [-0.4, -0.2) is 125 Å². The first kappa shape index (κ1) is 53.3. The van der Waals surface area contributed by atoms with E-state index in [4.69, 9.17) is 4.74 Å². The maximum absolute atomic E-state index is 14.1. The number of alkyl halides is 5. The number of nitrogens with zero attached hydrogens (tertiary/aromatic N) is 3. The molecular formula is C48H64F5N5O5S3. The Labute approximate surface area is 395 Å². The number of hydrogen-bond acceptors (Lipinski definition) is 11. The molecule has 2 saturated heterocycles. The zero-order valence-corrected chi connectivity index (χ0v) is 40.3. The van der Waals surface area contributed by atoms with Gasteiger partial charge < -0.3 is 20.1 Å². The number of benzene rings is 3. The van der Waals surface area contributed by atoms with Gasteiger partial charge in [0.15, 0.2) is 0 Å². The summed E-state index contributed by atoms with van der Waals surface area (Å²) in [4.78, 5) is 20.1. The fourth-order valence-electron chi connectivity index (χ4n) is 8.40. The highest BCUT2D eigenvalue weighted by Gasteiger charge is 2.48. The Hall–Kier alpha value is -3.65. The van der Waals surface area contributed by atoms with Crippen LogP contribution in [0.4, 0.5) is 33.3 Å². The number of amides is 1. The van der Waals surface area contributed by atoms with Crippen molar-refractivity contribution in [1.29, 1.82) is 0 Å². The van der Waals surface area contributed by atoms with E-state index in [0.717, 1.165) is 87.0 Å². The number of allylic oxidation sites excluding steroid dienone is 1. The van der Waals surface area contributed by atoms with Gasteiger partial charge in [0.1, 0.15) is 4.90 Å². The predicted molar refractivity (Wildman–Crippen MR) is 256 cm³/mol. The lowest BCUT2D eigenvalue weighted by molar-refractivity contribution is -0.0529. The van der Waals surface area contributed by atoms with Crippen LogP contribution in [0.2, 0.25) is 0 Å². The zero-order valence-electron chi connectivity index (χ0n) is 37.8. The van der Waals surface area contributed by atoms with E-state index < -0.39 is 38.6 Å². The van der Waals surface area contributed by atoms with Crippen molar-refractivity contribution in [1.82, 2.24) is 14.5 Å². The molecule has 3 aromatic rings. The minimum absolute atomic E-state index is 0.0677. The second-order valence-corrected chi connectivity index (χ2v) is 21.4. The molecule has 2 fully saturated rings. The highest BCUT2D eigenvalue weighted by molar-refractivity contribution is 7.99. The van der Waals surface area contributed by atoms with Crippen LogP contribution in [0.3, 0.4) is 0 Å². The molecule has 2 atom stereocenters. The van der Waals surface area contributed by atoms with Crippen LogP contribution in [0.25, 0.3) is 0 Å². The summed E-state index contributed by atoms with van der Waals surface area (Å²) < 4.78 is 102. The molecule has 2 heterocycles. The summed E-state index contributed by atoms with van der Waals surface area (Å²) in [5.41, 5.74) is -1.56. The van der Waals surface area contributed by atoms with Crippen LogP contribution in [0.15, 0.2) is 112 Å². The summed E-state index contributed by atoms with van der Waals surface area (Å²) in [5, 5.41) is 12.7. The minimum Gasteiger partial charge on any atom is -0.394 e. The second-order valence-electron chi connectivity index (χ2n) is 17.5. The molecular weight excluding hydrogens is 918 g/mol. The molecule has 0 aromatic heterocycles. The number of hydrogen-bond donors (Lipinski definition) is 3. The van der Waals surface area contributed by atoms with Crippen molar-refractivity contribution in [3.8, 4) is 0 Å². The van der Waals surface area contributed by atoms with Crippen LogP contribution in [0, 0.1) is 5.41 Å². The number of anilines is 2. The summed E-state index contributed by atoms with van der Waals surface area (Å²) in [6, 6.07) is 19.8. The Bertz CT molecular complexity index is 2140. The molecule has 1 amide bonds. The van der Waals surface area contributed by atoms with Crippen molar-refractivity contribution in [2.75, 3.05) is 81.5 Å². The van der Waals surface area contributed by atoms with Gasteiger partial charge in [-0.1, -0.05) is 43.2 Å². The van der Waals surface area contributed by atoms with Gasteiger partial charge in [0.2, 0.25) is 6.43 Å². The number of nitrogens with one attached hydrogen (secondary N) is 2. The van der Waals surface area contributed by atoms with Crippen molar-refractivity contribution in [2.45, 2.75) is 97.6 Å². The molecule has 18 heteroatoms. The van der Waals surface area contributed by atoms with Crippen LogP contribution >= 0.6 is 23.7 Å². The van der Waals surface area contributed by atoms with E-state index in [1.165, 1.54) is 35.0 Å². The monoisotopic (exact) mass is 981 g/mol. The molecule has 2 aliphatic heterocycles. The van der Waals surface area contributed by atoms with Gasteiger partial charge in [-0.25, -0.2) is 17.2 Å². The lowest BCUT2D eigenvalue weighted by atomic mass is 9.73. The summed E-state index contributed by atoms with van der Waals surface area (Å²) in [7, 11) is -5.80. The maximum atomic E-state index is 14.1. The number of carbonyl (C=O) groups excluding carboxylic acids is 1. The largest absolute Gasteiger partial charge is 0.501 e. The summed E-state index contributed by atoms with van der Waals surface area (Å²) in [6.45, 7) is 16.6. The number of thioether (sulfide) groups is 1. The number of halogens is 5. The number of piperazine rings is 1. The first-order valence-electron chi connectivity index (χ1n) is 22.4. The molecule has 6 rings (SSSR count). The minimum atomic E-state index is -5.80. The van der Waals surface area contributed by atoms with E-state index in [1.54, 1.807) is 12.1 Å². The molecule has 0 saturated carbocycles. The molecule has 0 radical (unpaired) electrons. The summed E-state index contributed by atoms with van der Waals surface area (Å²) in [6.07, 6.45) is 2.07. The van der Waals surface area contributed by atoms with Gasteiger partial charge in [-0.15, -0.1) is 24.9 Å². The van der Waals surface area contributed by atoms with E-state index in [1.807, 2.05) is 42.5 Å². The number of aliphatic hydroxyl groups is 1. The molecule has 2 unspecified atom stereocenters. The molecule has 3 aliphatic rings. The number of sulfone groups is 1. The van der Waals surface area contributed by atoms with Gasteiger partial charge in [0.05, 0.1) is 25.0 Å². The first-order chi connectivity index (χ1) is 31.5. The lowest BCUT2D eigenvalue weighted by Crippen LogP contribution is -2.47. The van der Waals surface area contributed by atoms with E-state index in [-0.39, 0.29) is 35.1 Å². The van der Waals surface area contributed by atoms with Crippen molar-refractivity contribution >= 4 is 50.8 Å². The highest BCUT2D eigenvalue weighted by atomic mass is 32.2. The topological polar surface area (TPSA) is 114 Å². The van der Waals surface area contributed by atoms with Gasteiger partial charge in [-0.2, -0.15) is 13.2 Å². The van der Waals surface area contributed by atoms with Crippen molar-refractivity contribution in [3.05, 3.63) is 103 Å². The number of carbonyl (C=O) groups is 1. The van der Waals surface area contributed by atoms with Crippen molar-refractivity contribution in [3.63, 3.8) is 0 Å². The maximum Gasteiger partial charge on any atom is 0.501 e. The normalized spacial score (nSPS) is 19.0. The quantitative estimate of drug-likeness (QED) is 0.0435. The fourth-order valence-corrected chi connectivity index (χ4v) is 11.1. The predicted octanol–water partition coefficient (Wildman–Crippen LogP) is 9.94. The van der Waals surface area contributed by atoms with Crippen LogP contribution in [0.5, 0.6) is 0 Å². The first-order valence-corrected chi connectivity index (χ1v) is 25.7. The molecule has 0 bridgehead atoms. The average molecular weight is 982 g/mol. The molecule has 66 heavy (non-hydrogen) atoms. The average Bonchev–Trinajstić information content (AvgIpc) is 3.31. The Kier molecular flexibility index (Phi) is 20.3. The number of aliphatic hydroxyl groups excluding tert-OH is 1. The molecule has 3 N–H and O–H groups in total. The number of rotatable bonds is 20. The van der Waals surface area contributed by atoms with Crippen molar-refractivity contribution in [2.24, 2.45) is 5.41 Å². The SMILES string of the molecule is C=C.CC1(C)CCC(CN2CCN(c3ccc(C(=O)NSc4ccc(NC(CCN5CCOC(CO)C5)CSc5ccccc5)c(S(=O)(=O)C(F)(F)F)c4)cc3)CC2)=C(CCCC(F)F)C1. The van der Waals surface area contributed by atoms with E-state index in [2.05, 4.69) is 51.7 Å². The third-order valence-electron chi connectivity index (χ3n) is 12.1. The second kappa shape index (κ2) is 25.1. The molecule has 1 aliphatic carbocycles. The van der Waals surface area contributed by atoms with Crippen molar-refractivity contribution < 1.29 is 45.0 Å². The zero-order chi connectivity index (χ0) is 47.9. The third kappa shape index (κ3) is 15.7. The Morgan fingerprint density at radius 3 is 2.32 bits per heavy atom. The van der Waals surface area contributed by atoms with E-state index in [9.17, 15) is 40.3 Å². The van der Waals surface area contributed by atoms with Crippen LogP contribution in [0.1, 0.15) is 69.2 Å². The molecule has 364 valence electrons. The summed E-state index contributed by atoms with van der Waals surface area (Å²) >= 11 is 2.22. The van der Waals surface area contributed by atoms with Crippen LogP contribution in [-0.2, 0) is 14.6 Å². The lowest BCUT2D eigenvalue weighted by Gasteiger charge is -2.39. The van der Waals surface area contributed by atoms with E-state index in [0.29, 0.717) is 50.4 Å². The van der Waals surface area contributed by atoms with Gasteiger partial charge in [-0.05, 0) is 110 Å². The number of morpholine rings is 1. The fraction of sp³-hybridized carbons (Fsp3) is 0.521. The summed E-state index contributed by atoms with van der Waals surface area (Å²) in [5.74, 6) is -0.0703. The van der Waals surface area contributed by atoms with Gasteiger partial charge in [0, 0.05) is 91.6 Å². The molecule has 10 nitrogen and oxygen atoms in total. The Balaban J connectivity index is 0.00000403. The van der Waals surface area contributed by atoms with E-state index >= 15 is 0 Å². The third-order valence-corrected chi connectivity index (χ3v) is 15.5. The number of ether oxygens (including phenoxy) is 1. The molecule has 0 spiro atoms. The molecule has 3 aromatic carbocycles. The Morgan fingerprint density at radius 2 is 1.65 bits per heavy atom. The smallest absolute Gasteiger partial charge is 0.394 e. The van der Waals surface area contributed by atoms with Gasteiger partial charge in [0.25, 0.3) is 15.7 Å². The Morgan fingerprint density at radius 1 is 0.939 bits per heavy atom. The van der Waals surface area contributed by atoms with Gasteiger partial charge in [-0.3, -0.25) is 19.3 Å². The van der Waals surface area contributed by atoms with Crippen LogP contribution < -0.4 is 14.9 Å². The van der Waals surface area contributed by atoms with Gasteiger partial charge >= 0.3 is 5.51 Å². The standard InChI is InChI=1S/C46H60F5N5O5S3.C2H4/c1-45(2)19-17-35(34(28-45)7-6-10-43(47)48)29-55-21-23-56(24-22-55)37-13-11-33(12-14-37)44(58)53-63-40-15-16-41(42(27-40)64(59,60)46(49,50)51)52-36(32-62-39-8-4-3-5-9-39)18-20-54-25-26-61-38(30-54)31-57;1-2/h3-5,8-9,11-16,27,36,38,43,52,57H,6-7,10,17-26,28-32H2,1-2H3,(H,53,58);1-2H2.